The summed E-state index contributed by atoms with van der Waals surface area (Å²) in [5.41, 5.74) is 3.94. The van der Waals surface area contributed by atoms with Crippen molar-refractivity contribution in [1.82, 2.24) is 0 Å². The molecule has 0 aromatic heterocycles. The molecule has 0 N–H and O–H groups in total. The van der Waals surface area contributed by atoms with E-state index in [9.17, 15) is 0 Å². The van der Waals surface area contributed by atoms with E-state index < -0.39 is 0 Å². The van der Waals surface area contributed by atoms with Crippen LogP contribution < -0.4 is 0 Å². The molecule has 0 saturated heterocycles. The van der Waals surface area contributed by atoms with Gasteiger partial charge < -0.3 is 0 Å². The fourth-order valence-electron chi connectivity index (χ4n) is 3.53. The Balaban J connectivity index is 2.27. The quantitative estimate of drug-likeness (QED) is 0.572. The van der Waals surface area contributed by atoms with Crippen molar-refractivity contribution < 1.29 is 0 Å². The first-order chi connectivity index (χ1) is 7.25. The minimum absolute atomic E-state index is 0.508. The number of hydrogen-bond donors (Lipinski definition) is 0. The molecular formula is C15H22. The van der Waals surface area contributed by atoms with Crippen molar-refractivity contribution in [2.24, 2.45) is 11.3 Å². The predicted molar refractivity (Wildman–Crippen MR) is 66.7 cm³/mol. The molecule has 2 saturated carbocycles. The summed E-state index contributed by atoms with van der Waals surface area (Å²) in [4.78, 5) is 0. The van der Waals surface area contributed by atoms with Crippen LogP contribution in [0.15, 0.2) is 35.5 Å². The van der Waals surface area contributed by atoms with E-state index >= 15 is 0 Å². The second-order valence-corrected chi connectivity index (χ2v) is 5.01. The fourth-order valence-corrected chi connectivity index (χ4v) is 3.53. The molecule has 0 heteroatoms. The molecule has 15 heavy (non-hydrogen) atoms. The standard InChI is InChI=1S/C15H22/c1-4-7-8-15-10-12(5-2)13(11-15)9-14(15)6-3/h4-7,13H,8-11H2,1-3H3. The lowest BCUT2D eigenvalue weighted by atomic mass is 9.75. The molecule has 2 rings (SSSR count). The zero-order valence-corrected chi connectivity index (χ0v) is 10.2. The number of allylic oxidation sites excluding steroid dienone is 6. The second-order valence-electron chi connectivity index (χ2n) is 5.01. The number of rotatable bonds is 2. The van der Waals surface area contributed by atoms with Crippen LogP contribution in [0.25, 0.3) is 0 Å². The summed E-state index contributed by atoms with van der Waals surface area (Å²) >= 11 is 0. The molecule has 2 aliphatic rings. The summed E-state index contributed by atoms with van der Waals surface area (Å²) in [5, 5.41) is 0. The van der Waals surface area contributed by atoms with Crippen LogP contribution in [-0.2, 0) is 0 Å². The summed E-state index contributed by atoms with van der Waals surface area (Å²) in [6.45, 7) is 6.54. The van der Waals surface area contributed by atoms with Crippen LogP contribution in [0.2, 0.25) is 0 Å². The molecule has 0 nitrogen and oxygen atoms in total. The fraction of sp³-hybridized carbons (Fsp3) is 0.600. The molecular weight excluding hydrogens is 180 g/mol. The molecule has 2 atom stereocenters. The van der Waals surface area contributed by atoms with E-state index in [2.05, 4.69) is 45.1 Å². The Morgan fingerprint density at radius 3 is 2.67 bits per heavy atom. The Morgan fingerprint density at radius 1 is 1.27 bits per heavy atom. The molecule has 2 bridgehead atoms. The van der Waals surface area contributed by atoms with Gasteiger partial charge in [0.15, 0.2) is 0 Å². The van der Waals surface area contributed by atoms with Gasteiger partial charge in [-0.1, -0.05) is 35.5 Å². The van der Waals surface area contributed by atoms with Crippen LogP contribution in [0.1, 0.15) is 46.5 Å². The number of hydrogen-bond acceptors (Lipinski definition) is 0. The van der Waals surface area contributed by atoms with E-state index in [-0.39, 0.29) is 0 Å². The van der Waals surface area contributed by atoms with Gasteiger partial charge in [0.05, 0.1) is 0 Å². The molecule has 2 aliphatic carbocycles. The number of fused-ring (bicyclic) bond motifs is 2. The Kier molecular flexibility index (Phi) is 2.86. The predicted octanol–water partition coefficient (Wildman–Crippen LogP) is 4.65. The summed E-state index contributed by atoms with van der Waals surface area (Å²) in [6, 6.07) is 0. The van der Waals surface area contributed by atoms with Gasteiger partial charge in [-0.25, -0.2) is 0 Å². The van der Waals surface area contributed by atoms with Gasteiger partial charge in [-0.3, -0.25) is 0 Å². The van der Waals surface area contributed by atoms with Crippen molar-refractivity contribution in [3.63, 3.8) is 0 Å². The van der Waals surface area contributed by atoms with E-state index in [1.54, 1.807) is 11.1 Å². The van der Waals surface area contributed by atoms with Crippen LogP contribution in [0.5, 0.6) is 0 Å². The monoisotopic (exact) mass is 202 g/mol. The minimum Gasteiger partial charge on any atom is -0.0916 e. The SMILES string of the molecule is CC=CCC12CC(=CC)C(CC1=CC)C2. The van der Waals surface area contributed by atoms with E-state index in [4.69, 9.17) is 0 Å². The van der Waals surface area contributed by atoms with Gasteiger partial charge in [-0.15, -0.1) is 0 Å². The second kappa shape index (κ2) is 4.00. The minimum atomic E-state index is 0.508. The van der Waals surface area contributed by atoms with Gasteiger partial charge in [0.1, 0.15) is 0 Å². The Hall–Kier alpha value is -0.780. The van der Waals surface area contributed by atoms with Gasteiger partial charge in [-0.05, 0) is 57.8 Å². The van der Waals surface area contributed by atoms with Gasteiger partial charge in [0.2, 0.25) is 0 Å². The highest BCUT2D eigenvalue weighted by Gasteiger charge is 2.49. The maximum absolute atomic E-state index is 2.37. The van der Waals surface area contributed by atoms with Crippen molar-refractivity contribution in [3.8, 4) is 0 Å². The molecule has 82 valence electrons. The van der Waals surface area contributed by atoms with Crippen molar-refractivity contribution >= 4 is 0 Å². The Morgan fingerprint density at radius 2 is 2.07 bits per heavy atom. The third kappa shape index (κ3) is 1.60. The first-order valence-electron chi connectivity index (χ1n) is 6.17. The van der Waals surface area contributed by atoms with E-state index in [1.165, 1.54) is 25.7 Å². The average molecular weight is 202 g/mol. The van der Waals surface area contributed by atoms with Gasteiger partial charge in [0, 0.05) is 0 Å². The molecule has 2 fully saturated rings. The molecule has 2 unspecified atom stereocenters. The van der Waals surface area contributed by atoms with Crippen LogP contribution >= 0.6 is 0 Å². The largest absolute Gasteiger partial charge is 0.0916 e. The smallest absolute Gasteiger partial charge is 0.00106 e. The molecule has 0 aromatic carbocycles. The van der Waals surface area contributed by atoms with Crippen molar-refractivity contribution in [2.45, 2.75) is 46.5 Å². The highest BCUT2D eigenvalue weighted by atomic mass is 14.5. The van der Waals surface area contributed by atoms with Crippen LogP contribution in [0.3, 0.4) is 0 Å². The van der Waals surface area contributed by atoms with Crippen LogP contribution in [-0.4, -0.2) is 0 Å². The molecule has 0 radical (unpaired) electrons. The van der Waals surface area contributed by atoms with Gasteiger partial charge >= 0.3 is 0 Å². The van der Waals surface area contributed by atoms with Crippen molar-refractivity contribution in [1.29, 1.82) is 0 Å². The van der Waals surface area contributed by atoms with Crippen LogP contribution in [0.4, 0.5) is 0 Å². The molecule has 0 aliphatic heterocycles. The molecule has 0 amide bonds. The lowest BCUT2D eigenvalue weighted by molar-refractivity contribution is 0.401. The van der Waals surface area contributed by atoms with Crippen LogP contribution in [0, 0.1) is 11.3 Å². The van der Waals surface area contributed by atoms with E-state index in [0.717, 1.165) is 5.92 Å². The zero-order valence-electron chi connectivity index (χ0n) is 10.2. The molecule has 0 heterocycles. The summed E-state index contributed by atoms with van der Waals surface area (Å²) in [6.07, 6.45) is 14.6. The van der Waals surface area contributed by atoms with E-state index in [0.29, 0.717) is 5.41 Å². The third-order valence-corrected chi connectivity index (χ3v) is 4.32. The Bertz CT molecular complexity index is 330. The third-order valence-electron chi connectivity index (χ3n) is 4.32. The van der Waals surface area contributed by atoms with E-state index in [1.807, 2.05) is 0 Å². The van der Waals surface area contributed by atoms with Crippen molar-refractivity contribution in [3.05, 3.63) is 35.5 Å². The normalized spacial score (nSPS) is 40.1. The lowest BCUT2D eigenvalue weighted by Gasteiger charge is -2.29. The molecule has 0 spiro atoms. The summed E-state index contributed by atoms with van der Waals surface area (Å²) in [7, 11) is 0. The first kappa shape index (κ1) is 10.7. The van der Waals surface area contributed by atoms with Crippen molar-refractivity contribution in [2.75, 3.05) is 0 Å². The highest BCUT2D eigenvalue weighted by Crippen LogP contribution is 2.61. The highest BCUT2D eigenvalue weighted by molar-refractivity contribution is 5.35. The first-order valence-corrected chi connectivity index (χ1v) is 6.17. The summed E-state index contributed by atoms with van der Waals surface area (Å²) < 4.78 is 0. The zero-order chi connectivity index (χ0) is 10.9. The summed E-state index contributed by atoms with van der Waals surface area (Å²) in [5.74, 6) is 0.867. The average Bonchev–Trinajstić information content (AvgIpc) is 2.80. The lowest BCUT2D eigenvalue weighted by Crippen LogP contribution is -2.16. The molecule has 0 aromatic rings. The van der Waals surface area contributed by atoms with Gasteiger partial charge in [-0.2, -0.15) is 0 Å². The topological polar surface area (TPSA) is 0 Å². The van der Waals surface area contributed by atoms with Gasteiger partial charge in [0.25, 0.3) is 0 Å². The Labute approximate surface area is 93.8 Å². The maximum atomic E-state index is 2.37. The maximum Gasteiger partial charge on any atom is -0.00106 e.